The van der Waals surface area contributed by atoms with Crippen LogP contribution in [-0.2, 0) is 6.61 Å². The van der Waals surface area contributed by atoms with E-state index in [1.807, 2.05) is 36.4 Å². The van der Waals surface area contributed by atoms with Crippen molar-refractivity contribution in [3.63, 3.8) is 0 Å². The van der Waals surface area contributed by atoms with Gasteiger partial charge in [0.25, 0.3) is 0 Å². The molecule has 3 atom stereocenters. The third-order valence-corrected chi connectivity index (χ3v) is 9.00. The molecule has 2 aliphatic heterocycles. The lowest BCUT2D eigenvalue weighted by molar-refractivity contribution is 0.0116. The molecule has 230 valence electrons. The summed E-state index contributed by atoms with van der Waals surface area (Å²) in [5, 5.41) is 14.9. The number of hydrogen-bond donors (Lipinski definition) is 3. The van der Waals surface area contributed by atoms with Crippen LogP contribution in [0.4, 0.5) is 4.79 Å². The second-order valence-corrected chi connectivity index (χ2v) is 12.0. The highest BCUT2D eigenvalue weighted by atomic mass is 16.6. The fraction of sp³-hybridized carbons (Fsp3) is 0.485. The molecule has 1 amide bonds. The number of piperidine rings is 2. The number of furan rings is 1. The lowest BCUT2D eigenvalue weighted by Crippen LogP contribution is -2.52. The Morgan fingerprint density at radius 2 is 1.91 bits per heavy atom. The largest absolute Gasteiger partial charge is 0.493 e. The molecule has 2 aliphatic rings. The molecular formula is C33H42N4O6. The van der Waals surface area contributed by atoms with Crippen molar-refractivity contribution in [1.29, 1.82) is 0 Å². The van der Waals surface area contributed by atoms with E-state index >= 15 is 0 Å². The molecule has 43 heavy (non-hydrogen) atoms. The van der Waals surface area contributed by atoms with E-state index in [4.69, 9.17) is 18.6 Å². The second kappa shape index (κ2) is 12.9. The van der Waals surface area contributed by atoms with Gasteiger partial charge in [-0.2, -0.15) is 0 Å². The zero-order valence-corrected chi connectivity index (χ0v) is 25.2. The fourth-order valence-electron chi connectivity index (χ4n) is 6.41. The van der Waals surface area contributed by atoms with Crippen LogP contribution in [0.25, 0.3) is 21.9 Å². The summed E-state index contributed by atoms with van der Waals surface area (Å²) in [6, 6.07) is 13.8. The Hall–Kier alpha value is -3.73. The highest BCUT2D eigenvalue weighted by Crippen LogP contribution is 2.33. The van der Waals surface area contributed by atoms with E-state index in [0.29, 0.717) is 41.5 Å². The number of methoxy groups -OCH3 is 1. The van der Waals surface area contributed by atoms with Gasteiger partial charge in [-0.15, -0.1) is 0 Å². The van der Waals surface area contributed by atoms with Gasteiger partial charge in [0.05, 0.1) is 25.0 Å². The summed E-state index contributed by atoms with van der Waals surface area (Å²) in [5.41, 5.74) is 2.43. The molecule has 6 rings (SSSR count). The third-order valence-electron chi connectivity index (χ3n) is 9.00. The number of ether oxygens (including phenoxy) is 3. The van der Waals surface area contributed by atoms with Crippen LogP contribution >= 0.6 is 0 Å². The third kappa shape index (κ3) is 6.61. The summed E-state index contributed by atoms with van der Waals surface area (Å²) in [6.07, 6.45) is 3.68. The normalized spacial score (nSPS) is 21.2. The summed E-state index contributed by atoms with van der Waals surface area (Å²) >= 11 is 0. The number of likely N-dealkylation sites (tertiary alicyclic amines) is 2. The number of amides is 1. The molecule has 0 spiro atoms. The van der Waals surface area contributed by atoms with Crippen LogP contribution in [0.3, 0.4) is 0 Å². The van der Waals surface area contributed by atoms with Crippen molar-refractivity contribution in [2.75, 3.05) is 39.8 Å². The van der Waals surface area contributed by atoms with Crippen molar-refractivity contribution >= 4 is 28.0 Å². The van der Waals surface area contributed by atoms with Crippen LogP contribution < -0.4 is 19.5 Å². The maximum absolute atomic E-state index is 12.8. The number of aliphatic hydroxyl groups is 1. The lowest BCUT2D eigenvalue weighted by atomic mass is 9.95. The SMILES string of the molecule is COc1cccc2c(COc3cccc4[nH]c(OC(=O)NC5CCN(C[C@H](C)N6CC[C@H](O)[C@@H](C)C6)CC5)cc34)coc12. The first-order chi connectivity index (χ1) is 20.9. The number of aromatic nitrogens is 1. The van der Waals surface area contributed by atoms with E-state index in [1.54, 1.807) is 19.4 Å². The number of para-hydroxylation sites is 1. The lowest BCUT2D eigenvalue weighted by Gasteiger charge is -2.41. The molecule has 0 aliphatic carbocycles. The van der Waals surface area contributed by atoms with Gasteiger partial charge in [0.2, 0.25) is 5.88 Å². The number of carbonyl (C=O) groups excluding carboxylic acids is 1. The molecule has 2 saturated heterocycles. The molecule has 2 aromatic heterocycles. The average Bonchev–Trinajstić information content (AvgIpc) is 3.62. The molecule has 0 saturated carbocycles. The predicted molar refractivity (Wildman–Crippen MR) is 165 cm³/mol. The Morgan fingerprint density at radius 1 is 1.12 bits per heavy atom. The van der Waals surface area contributed by atoms with Crippen LogP contribution in [-0.4, -0.2) is 84.0 Å². The quantitative estimate of drug-likeness (QED) is 0.246. The number of carbonyl (C=O) groups is 1. The van der Waals surface area contributed by atoms with Gasteiger partial charge in [-0.25, -0.2) is 4.79 Å². The molecule has 0 bridgehead atoms. The number of nitrogens with one attached hydrogen (secondary N) is 2. The number of rotatable bonds is 9. The Bertz CT molecular complexity index is 1540. The van der Waals surface area contributed by atoms with E-state index in [2.05, 4.69) is 33.9 Å². The highest BCUT2D eigenvalue weighted by molar-refractivity contribution is 5.89. The van der Waals surface area contributed by atoms with E-state index in [-0.39, 0.29) is 12.1 Å². The number of H-pyrrole nitrogens is 1. The number of fused-ring (bicyclic) bond motifs is 2. The molecule has 10 heteroatoms. The number of aromatic amines is 1. The Kier molecular flexibility index (Phi) is 8.78. The average molecular weight is 591 g/mol. The van der Waals surface area contributed by atoms with Gasteiger partial charge < -0.3 is 38.9 Å². The predicted octanol–water partition coefficient (Wildman–Crippen LogP) is 5.15. The number of nitrogens with zero attached hydrogens (tertiary/aromatic N) is 2. The Balaban J connectivity index is 0.996. The van der Waals surface area contributed by atoms with Crippen LogP contribution in [0.15, 0.2) is 53.1 Å². The smallest absolute Gasteiger partial charge is 0.414 e. The topological polar surface area (TPSA) is 112 Å². The molecule has 2 aromatic carbocycles. The Morgan fingerprint density at radius 3 is 2.70 bits per heavy atom. The van der Waals surface area contributed by atoms with E-state index < -0.39 is 6.09 Å². The van der Waals surface area contributed by atoms with Gasteiger partial charge in [0.1, 0.15) is 12.4 Å². The molecular weight excluding hydrogens is 548 g/mol. The van der Waals surface area contributed by atoms with Crippen molar-refractivity contribution in [2.45, 2.75) is 57.9 Å². The first-order valence-corrected chi connectivity index (χ1v) is 15.3. The summed E-state index contributed by atoms with van der Waals surface area (Å²) in [6.45, 7) is 9.51. The standard InChI is InChI=1S/C33H42N4O6/c1-21-17-37(15-12-28(21)38)22(2)18-36-13-10-24(11-14-36)34-33(39)43-31-16-26-27(35-31)7-5-8-29(26)41-19-23-20-42-32-25(23)6-4-9-30(32)40-3/h4-9,16,20-22,24,28,35,38H,10-15,17-19H2,1-3H3,(H,34,39)/t21-,22-,28-/m0/s1. The van der Waals surface area contributed by atoms with Crippen molar-refractivity contribution in [3.8, 4) is 17.4 Å². The van der Waals surface area contributed by atoms with Crippen LogP contribution in [0.5, 0.6) is 17.4 Å². The number of aliphatic hydroxyl groups excluding tert-OH is 1. The van der Waals surface area contributed by atoms with Gasteiger partial charge in [0, 0.05) is 67.2 Å². The van der Waals surface area contributed by atoms with Crippen molar-refractivity contribution < 1.29 is 28.5 Å². The van der Waals surface area contributed by atoms with Crippen LogP contribution in [0, 0.1) is 5.92 Å². The van der Waals surface area contributed by atoms with E-state index in [0.717, 1.165) is 73.8 Å². The van der Waals surface area contributed by atoms with Gasteiger partial charge in [-0.05, 0) is 50.3 Å². The summed E-state index contributed by atoms with van der Waals surface area (Å²) in [4.78, 5) is 20.9. The number of hydrogen-bond acceptors (Lipinski definition) is 8. The van der Waals surface area contributed by atoms with E-state index in [9.17, 15) is 9.90 Å². The highest BCUT2D eigenvalue weighted by Gasteiger charge is 2.29. The summed E-state index contributed by atoms with van der Waals surface area (Å²) < 4.78 is 22.9. The minimum atomic E-state index is -0.458. The molecule has 4 aromatic rings. The summed E-state index contributed by atoms with van der Waals surface area (Å²) in [5.74, 6) is 2.05. The molecule has 2 fully saturated rings. The second-order valence-electron chi connectivity index (χ2n) is 12.0. The van der Waals surface area contributed by atoms with Crippen molar-refractivity contribution in [2.24, 2.45) is 5.92 Å². The first-order valence-electron chi connectivity index (χ1n) is 15.3. The van der Waals surface area contributed by atoms with Crippen LogP contribution in [0.2, 0.25) is 0 Å². The first kappa shape index (κ1) is 29.3. The fourth-order valence-corrected chi connectivity index (χ4v) is 6.41. The monoisotopic (exact) mass is 590 g/mol. The van der Waals surface area contributed by atoms with Gasteiger partial charge in [0.15, 0.2) is 11.3 Å². The van der Waals surface area contributed by atoms with E-state index in [1.165, 1.54) is 0 Å². The Labute approximate surface area is 251 Å². The summed E-state index contributed by atoms with van der Waals surface area (Å²) in [7, 11) is 1.62. The molecule has 0 unspecified atom stereocenters. The molecule has 4 heterocycles. The van der Waals surface area contributed by atoms with Crippen molar-refractivity contribution in [1.82, 2.24) is 20.1 Å². The maximum Gasteiger partial charge on any atom is 0.414 e. The zero-order valence-electron chi connectivity index (χ0n) is 25.2. The van der Waals surface area contributed by atoms with Gasteiger partial charge in [-0.1, -0.05) is 25.1 Å². The minimum Gasteiger partial charge on any atom is -0.493 e. The van der Waals surface area contributed by atoms with Crippen molar-refractivity contribution in [3.05, 3.63) is 54.3 Å². The molecule has 10 nitrogen and oxygen atoms in total. The van der Waals surface area contributed by atoms with Gasteiger partial charge >= 0.3 is 6.09 Å². The molecule has 3 N–H and O–H groups in total. The maximum atomic E-state index is 12.8. The minimum absolute atomic E-state index is 0.0795. The molecule has 0 radical (unpaired) electrons. The van der Waals surface area contributed by atoms with Crippen LogP contribution in [0.1, 0.15) is 38.7 Å². The zero-order chi connectivity index (χ0) is 29.9. The van der Waals surface area contributed by atoms with Gasteiger partial charge in [-0.3, -0.25) is 4.90 Å². The number of benzene rings is 2.